The quantitative estimate of drug-likeness (QED) is 0.176. The molecule has 1 N–H and O–H groups in total. The third kappa shape index (κ3) is 16.2. The molecule has 0 fully saturated rings. The first kappa shape index (κ1) is 36.9. The van der Waals surface area contributed by atoms with Crippen molar-refractivity contribution in [2.24, 2.45) is 0 Å². The Labute approximate surface area is 275 Å². The van der Waals surface area contributed by atoms with E-state index in [1.54, 1.807) is 17.4 Å². The molecule has 0 aliphatic carbocycles. The van der Waals surface area contributed by atoms with E-state index in [0.717, 1.165) is 34.0 Å². The van der Waals surface area contributed by atoms with Gasteiger partial charge in [-0.25, -0.2) is 9.78 Å². The molecule has 3 atom stereocenters. The van der Waals surface area contributed by atoms with Gasteiger partial charge in [-0.1, -0.05) is 47.1 Å². The fourth-order valence-corrected chi connectivity index (χ4v) is 4.95. The van der Waals surface area contributed by atoms with Crippen LogP contribution in [0.5, 0.6) is 0 Å². The van der Waals surface area contributed by atoms with Crippen LogP contribution in [0.2, 0.25) is 0 Å². The Morgan fingerprint density at radius 2 is 1.93 bits per heavy atom. The predicted octanol–water partition coefficient (Wildman–Crippen LogP) is 5.67. The van der Waals surface area contributed by atoms with Crippen molar-refractivity contribution in [3.63, 3.8) is 0 Å². The van der Waals surface area contributed by atoms with E-state index >= 15 is 0 Å². The van der Waals surface area contributed by atoms with Crippen LogP contribution in [0.3, 0.4) is 0 Å². The zero-order valence-electron chi connectivity index (χ0n) is 25.3. The van der Waals surface area contributed by atoms with Crippen LogP contribution in [-0.2, 0) is 64.6 Å². The van der Waals surface area contributed by atoms with Gasteiger partial charge in [0.05, 0.1) is 17.1 Å². The number of esters is 2. The topological polar surface area (TPSA) is 80.8 Å². The molecule has 3 unspecified atom stereocenters. The van der Waals surface area contributed by atoms with Crippen molar-refractivity contribution >= 4 is 23.3 Å². The summed E-state index contributed by atoms with van der Waals surface area (Å²) in [4.78, 5) is 32.1. The van der Waals surface area contributed by atoms with Crippen molar-refractivity contribution in [1.82, 2.24) is 15.2 Å². The Morgan fingerprint density at radius 3 is 2.63 bits per heavy atom. The van der Waals surface area contributed by atoms with E-state index in [4.69, 9.17) is 14.5 Å². The summed E-state index contributed by atoms with van der Waals surface area (Å²) in [7, 11) is 4.07. The average molecular weight is 656 g/mol. The number of fused-ring (bicyclic) bond motifs is 2. The van der Waals surface area contributed by atoms with Crippen molar-refractivity contribution in [2.75, 3.05) is 20.6 Å². The van der Waals surface area contributed by atoms with Crippen molar-refractivity contribution in [1.29, 1.82) is 0 Å². The summed E-state index contributed by atoms with van der Waals surface area (Å²) in [6, 6.07) is -0.148. The second kappa shape index (κ2) is 19.9. The number of cyclic esters (lactones) is 2. The van der Waals surface area contributed by atoms with E-state index in [2.05, 4.69) is 42.1 Å². The van der Waals surface area contributed by atoms with Crippen LogP contribution in [0, 0.1) is 6.20 Å². The molecule has 221 valence electrons. The fourth-order valence-electron chi connectivity index (χ4n) is 4.08. The van der Waals surface area contributed by atoms with Crippen molar-refractivity contribution in [3.8, 4) is 0 Å². The van der Waals surface area contributed by atoms with Crippen molar-refractivity contribution < 1.29 is 51.8 Å². The number of likely N-dealkylation sites (N-methyl/N-ethyl adjacent to an activating group) is 1. The molecule has 1 aliphatic rings. The Bertz CT molecular complexity index is 1150. The second-order valence-electron chi connectivity index (χ2n) is 10.5. The molecule has 2 bridgehead atoms. The third-order valence-corrected chi connectivity index (χ3v) is 7.02. The number of hydrogen-bond acceptors (Lipinski definition) is 8. The molecule has 1 aliphatic heterocycles. The number of allylic oxidation sites excluding steroid dienone is 6. The number of nitrogens with zero attached hydrogens (tertiary/aromatic N) is 2. The van der Waals surface area contributed by atoms with Crippen LogP contribution in [-0.4, -0.2) is 60.7 Å². The van der Waals surface area contributed by atoms with Gasteiger partial charge in [0.1, 0.15) is 12.2 Å². The van der Waals surface area contributed by atoms with Gasteiger partial charge in [-0.15, -0.1) is 11.3 Å². The third-order valence-electron chi connectivity index (χ3n) is 6.10. The van der Waals surface area contributed by atoms with Gasteiger partial charge in [-0.2, -0.15) is 0 Å². The average Bonchev–Trinajstić information content (AvgIpc) is 3.31. The number of aromatic nitrogens is 1. The van der Waals surface area contributed by atoms with Crippen LogP contribution < -0.4 is 5.32 Å². The van der Waals surface area contributed by atoms with Crippen LogP contribution >= 0.6 is 11.3 Å². The normalized spacial score (nSPS) is 24.2. The minimum atomic E-state index is -0.463. The maximum absolute atomic E-state index is 12.7. The van der Waals surface area contributed by atoms with Crippen LogP contribution in [0.1, 0.15) is 57.7 Å². The van der Waals surface area contributed by atoms with Gasteiger partial charge in [-0.3, -0.25) is 11.4 Å². The first-order valence-corrected chi connectivity index (χ1v) is 14.5. The Kier molecular flexibility index (Phi) is 17.9. The molecule has 0 amide bonds. The number of aryl methyl sites for hydroxylation is 1. The molecule has 1 aromatic heterocycles. The first-order chi connectivity index (χ1) is 19.0. The molecule has 9 heteroatoms. The Morgan fingerprint density at radius 1 is 1.20 bits per heavy atom. The van der Waals surface area contributed by atoms with Gasteiger partial charge >= 0.3 is 11.9 Å². The number of rotatable bonds is 7. The molecule has 0 saturated heterocycles. The van der Waals surface area contributed by atoms with E-state index in [-0.39, 0.29) is 57.2 Å². The van der Waals surface area contributed by atoms with E-state index in [9.17, 15) is 9.59 Å². The number of ether oxygens (including phenoxy) is 2. The summed E-state index contributed by atoms with van der Waals surface area (Å²) in [6.07, 6.45) is 17.8. The van der Waals surface area contributed by atoms with Gasteiger partial charge in [0.25, 0.3) is 0 Å². The SMILES string of the molecule is C=[C-]NC1CCc2csc(n2)CC(/C=C(C)/C=C/C(C)=C/CN(C)C)OC(=O)/C=C\C=C(/C)CC(C)OC(=O)C1.[Y]. The van der Waals surface area contributed by atoms with Crippen molar-refractivity contribution in [2.45, 2.75) is 78.0 Å². The summed E-state index contributed by atoms with van der Waals surface area (Å²) < 4.78 is 11.5. The number of carbonyl (C=O) groups is 2. The maximum atomic E-state index is 12.7. The molecule has 0 spiro atoms. The van der Waals surface area contributed by atoms with Crippen LogP contribution in [0.25, 0.3) is 0 Å². The number of nitrogens with one attached hydrogen (secondary N) is 1. The Hall–Kier alpha value is -2.13. The molecule has 1 radical (unpaired) electrons. The van der Waals surface area contributed by atoms with Crippen molar-refractivity contribution in [3.05, 3.63) is 88.1 Å². The minimum absolute atomic E-state index is 0. The maximum Gasteiger partial charge on any atom is 0.331 e. The van der Waals surface area contributed by atoms with Gasteiger partial charge in [0.15, 0.2) is 0 Å². The first-order valence-electron chi connectivity index (χ1n) is 13.7. The zero-order chi connectivity index (χ0) is 29.5. The summed E-state index contributed by atoms with van der Waals surface area (Å²) in [5.74, 6) is -0.695. The minimum Gasteiger partial charge on any atom is -0.565 e. The standard InChI is InChI=1S/C32H44N3O4S.Y/c1-8-33-27-14-15-28-22-40-30(34-28)21-29(19-25(4)13-12-23(2)16-17-35(6)7)39-31(36)11-9-10-24(3)18-26(5)38-32(37)20-27;/h9-13,16,19,22,26-27,29,33H,1,14-15,17-18,20-21H2,2-7H3;/q-1;/b11-9-,13-12+,23-16+,24-10+,25-19+;. The molecular formula is C32H44N3O4SY-. The molecule has 0 saturated carbocycles. The number of thiazole rings is 1. The second-order valence-corrected chi connectivity index (χ2v) is 11.4. The largest absolute Gasteiger partial charge is 0.565 e. The van der Waals surface area contributed by atoms with E-state index < -0.39 is 12.1 Å². The number of carbonyl (C=O) groups excluding carboxylic acids is 2. The van der Waals surface area contributed by atoms with E-state index in [1.807, 2.05) is 58.5 Å². The van der Waals surface area contributed by atoms with Gasteiger partial charge < -0.3 is 25.9 Å². The molecule has 1 aromatic rings. The fraction of sp³-hybridized carbons (Fsp3) is 0.469. The van der Waals surface area contributed by atoms with Gasteiger partial charge in [0.2, 0.25) is 0 Å². The summed E-state index contributed by atoms with van der Waals surface area (Å²) in [5, 5.41) is 5.95. The molecular weight excluding hydrogens is 611 g/mol. The van der Waals surface area contributed by atoms with Gasteiger partial charge in [-0.05, 0) is 60.7 Å². The summed E-state index contributed by atoms with van der Waals surface area (Å²) in [5.41, 5.74) is 4.08. The molecule has 41 heavy (non-hydrogen) atoms. The summed E-state index contributed by atoms with van der Waals surface area (Å²) >= 11 is 1.54. The predicted molar refractivity (Wildman–Crippen MR) is 163 cm³/mol. The van der Waals surface area contributed by atoms with Crippen LogP contribution in [0.15, 0.2) is 71.2 Å². The smallest absolute Gasteiger partial charge is 0.331 e. The molecule has 2 heterocycles. The zero-order valence-corrected chi connectivity index (χ0v) is 29.0. The Balaban J connectivity index is 0.00000840. The molecule has 2 rings (SSSR count). The molecule has 0 aromatic carbocycles. The summed E-state index contributed by atoms with van der Waals surface area (Å²) in [6.45, 7) is 12.4. The van der Waals surface area contributed by atoms with Gasteiger partial charge in [0, 0.05) is 69.6 Å². The van der Waals surface area contributed by atoms with Crippen LogP contribution in [0.4, 0.5) is 0 Å². The van der Waals surface area contributed by atoms with E-state index in [0.29, 0.717) is 25.7 Å². The monoisotopic (exact) mass is 655 g/mol. The molecule has 7 nitrogen and oxygen atoms in total. The number of hydrogen-bond donors (Lipinski definition) is 1. The van der Waals surface area contributed by atoms with E-state index in [1.165, 1.54) is 6.08 Å².